The van der Waals surface area contributed by atoms with Crippen molar-refractivity contribution in [2.75, 3.05) is 41.0 Å². The summed E-state index contributed by atoms with van der Waals surface area (Å²) in [6, 6.07) is -0.621. The normalized spacial score (nSPS) is 13.3. The fourth-order valence-electron chi connectivity index (χ4n) is 6.23. The molecule has 0 saturated heterocycles. The van der Waals surface area contributed by atoms with Crippen LogP contribution < -0.4 is 0 Å². The van der Waals surface area contributed by atoms with Crippen LogP contribution in [0.3, 0.4) is 0 Å². The predicted octanol–water partition coefficient (Wildman–Crippen LogP) is 11.5. The van der Waals surface area contributed by atoms with Gasteiger partial charge in [-0.15, -0.1) is 0 Å². The van der Waals surface area contributed by atoms with Crippen LogP contribution in [0.1, 0.15) is 181 Å². The Morgan fingerprint density at radius 1 is 0.585 bits per heavy atom. The molecule has 0 aliphatic carbocycles. The molecule has 2 atom stereocenters. The van der Waals surface area contributed by atoms with E-state index in [9.17, 15) is 19.5 Å². The number of hydrogen-bond donors (Lipinski definition) is 1. The van der Waals surface area contributed by atoms with Crippen LogP contribution in [0.25, 0.3) is 0 Å². The molecule has 0 aromatic rings. The molecule has 0 rings (SSSR count). The third-order valence-electron chi connectivity index (χ3n) is 9.55. The number of carboxylic acid groups (broad SMARTS) is 1. The number of carbonyl (C=O) groups is 3. The molecule has 0 fully saturated rings. The molecule has 8 nitrogen and oxygen atoms in total. The lowest BCUT2D eigenvalue weighted by Crippen LogP contribution is -2.50. The average molecular weight is 749 g/mol. The molecule has 0 aliphatic rings. The van der Waals surface area contributed by atoms with Crippen LogP contribution in [-0.4, -0.2) is 80.6 Å². The second-order valence-electron chi connectivity index (χ2n) is 15.6. The van der Waals surface area contributed by atoms with Crippen molar-refractivity contribution in [1.82, 2.24) is 0 Å². The highest BCUT2D eigenvalue weighted by molar-refractivity contribution is 5.72. The Labute approximate surface area is 325 Å². The van der Waals surface area contributed by atoms with Gasteiger partial charge < -0.3 is 23.8 Å². The Hall–Kier alpha value is -2.45. The lowest BCUT2D eigenvalue weighted by Gasteiger charge is -2.31. The minimum Gasteiger partial charge on any atom is -0.477 e. The summed E-state index contributed by atoms with van der Waals surface area (Å²) in [5.74, 6) is -1.53. The summed E-state index contributed by atoms with van der Waals surface area (Å²) < 4.78 is 17.2. The maximum atomic E-state index is 12.6. The molecular weight excluding hydrogens is 666 g/mol. The van der Waals surface area contributed by atoms with Gasteiger partial charge in [0.1, 0.15) is 6.61 Å². The van der Waals surface area contributed by atoms with E-state index in [1.807, 2.05) is 21.1 Å². The summed E-state index contributed by atoms with van der Waals surface area (Å²) >= 11 is 0. The smallest absolute Gasteiger partial charge is 0.362 e. The second-order valence-corrected chi connectivity index (χ2v) is 15.6. The number of carbonyl (C=O) groups excluding carboxylic acids is 2. The zero-order valence-corrected chi connectivity index (χ0v) is 35.0. The summed E-state index contributed by atoms with van der Waals surface area (Å²) in [5, 5.41) is 9.60. The minimum absolute atomic E-state index is 0.0430. The van der Waals surface area contributed by atoms with E-state index in [2.05, 4.69) is 50.3 Å². The van der Waals surface area contributed by atoms with E-state index in [-0.39, 0.29) is 42.7 Å². The summed E-state index contributed by atoms with van der Waals surface area (Å²) in [7, 11) is 5.50. The van der Waals surface area contributed by atoms with Crippen molar-refractivity contribution in [1.29, 1.82) is 0 Å². The van der Waals surface area contributed by atoms with E-state index < -0.39 is 18.1 Å². The van der Waals surface area contributed by atoms with Crippen LogP contribution in [0.2, 0.25) is 0 Å². The molecule has 0 heterocycles. The molecule has 8 heteroatoms. The van der Waals surface area contributed by atoms with Crippen LogP contribution in [0.5, 0.6) is 0 Å². The third kappa shape index (κ3) is 35.0. The van der Waals surface area contributed by atoms with Gasteiger partial charge in [-0.05, 0) is 38.5 Å². The molecule has 0 amide bonds. The van der Waals surface area contributed by atoms with E-state index >= 15 is 0 Å². The predicted molar refractivity (Wildman–Crippen MR) is 220 cm³/mol. The highest BCUT2D eigenvalue weighted by atomic mass is 16.6. The number of ether oxygens (including phenoxy) is 3. The van der Waals surface area contributed by atoms with Crippen LogP contribution in [0.15, 0.2) is 36.5 Å². The lowest BCUT2D eigenvalue weighted by atomic mass is 10.0. The number of carboxylic acids is 1. The van der Waals surface area contributed by atoms with E-state index in [1.165, 1.54) is 96.3 Å². The highest BCUT2D eigenvalue weighted by Gasteiger charge is 2.31. The number of rotatable bonds is 38. The SMILES string of the molecule is CC/C=C/C/C=C/C/C=C/CCCC(=O)OC(COCCC(C(=O)O)[N+](C)(C)C)COC(=O)CCCCCCCCCCCCCCCCCCCC. The van der Waals surface area contributed by atoms with Crippen LogP contribution in [0, 0.1) is 0 Å². The summed E-state index contributed by atoms with van der Waals surface area (Å²) in [5.41, 5.74) is 0. The van der Waals surface area contributed by atoms with E-state index in [1.54, 1.807) is 0 Å². The Morgan fingerprint density at radius 2 is 1.06 bits per heavy atom. The molecule has 308 valence electrons. The topological polar surface area (TPSA) is 99.1 Å². The van der Waals surface area contributed by atoms with Gasteiger partial charge in [0.25, 0.3) is 0 Å². The van der Waals surface area contributed by atoms with Crippen molar-refractivity contribution < 1.29 is 38.2 Å². The number of aliphatic carboxylic acids is 1. The number of allylic oxidation sites excluding steroid dienone is 6. The average Bonchev–Trinajstić information content (AvgIpc) is 3.11. The maximum Gasteiger partial charge on any atom is 0.362 e. The van der Waals surface area contributed by atoms with Crippen molar-refractivity contribution in [2.45, 2.75) is 193 Å². The molecule has 0 bridgehead atoms. The molecule has 2 unspecified atom stereocenters. The van der Waals surface area contributed by atoms with E-state index in [0.717, 1.165) is 44.9 Å². The van der Waals surface area contributed by atoms with E-state index in [0.29, 0.717) is 19.3 Å². The van der Waals surface area contributed by atoms with Crippen molar-refractivity contribution in [2.24, 2.45) is 0 Å². The zero-order valence-electron chi connectivity index (χ0n) is 35.0. The Kier molecular flexibility index (Phi) is 34.8. The fraction of sp³-hybridized carbons (Fsp3) is 0.800. The van der Waals surface area contributed by atoms with E-state index in [4.69, 9.17) is 14.2 Å². The van der Waals surface area contributed by atoms with Gasteiger partial charge in [-0.1, -0.05) is 159 Å². The van der Waals surface area contributed by atoms with Crippen LogP contribution >= 0.6 is 0 Å². The van der Waals surface area contributed by atoms with Gasteiger partial charge in [-0.25, -0.2) is 4.79 Å². The monoisotopic (exact) mass is 749 g/mol. The lowest BCUT2D eigenvalue weighted by molar-refractivity contribution is -0.887. The molecule has 0 spiro atoms. The van der Waals surface area contributed by atoms with Gasteiger partial charge >= 0.3 is 17.9 Å². The van der Waals surface area contributed by atoms with Gasteiger partial charge in [0, 0.05) is 19.3 Å². The molecular formula is C45H82NO7+. The van der Waals surface area contributed by atoms with Crippen molar-refractivity contribution in [3.63, 3.8) is 0 Å². The molecule has 0 saturated carbocycles. The first-order chi connectivity index (χ1) is 25.6. The quantitative estimate of drug-likeness (QED) is 0.0290. The minimum atomic E-state index is -0.883. The largest absolute Gasteiger partial charge is 0.477 e. The van der Waals surface area contributed by atoms with Crippen LogP contribution in [0.4, 0.5) is 0 Å². The first kappa shape index (κ1) is 50.5. The standard InChI is InChI=1S/C45H81NO7/c1-6-8-10-12-14-16-18-19-20-21-22-23-24-26-27-29-31-33-35-43(47)52-40-41(39-51-38-37-42(45(49)50)46(3,4)5)53-44(48)36-34-32-30-28-25-17-15-13-11-9-7-2/h9,11,15,17,28,30,41-42H,6-8,10,12-14,16,18-27,29,31-40H2,1-5H3/p+1/b11-9+,17-15+,30-28+. The first-order valence-corrected chi connectivity index (χ1v) is 21.5. The van der Waals surface area contributed by atoms with Gasteiger partial charge in [0.2, 0.25) is 0 Å². The maximum absolute atomic E-state index is 12.6. The second kappa shape index (κ2) is 36.5. The number of hydrogen-bond acceptors (Lipinski definition) is 6. The zero-order chi connectivity index (χ0) is 39.3. The number of esters is 2. The van der Waals surface area contributed by atoms with Gasteiger partial charge in [-0.2, -0.15) is 0 Å². The van der Waals surface area contributed by atoms with Gasteiger partial charge in [0.05, 0.1) is 34.4 Å². The molecule has 0 aliphatic heterocycles. The Morgan fingerprint density at radius 3 is 1.55 bits per heavy atom. The summed E-state index contributed by atoms with van der Waals surface area (Å²) in [6.07, 6.45) is 40.6. The molecule has 0 aromatic heterocycles. The van der Waals surface area contributed by atoms with Gasteiger partial charge in [0.15, 0.2) is 12.1 Å². The first-order valence-electron chi connectivity index (χ1n) is 21.5. The molecule has 53 heavy (non-hydrogen) atoms. The van der Waals surface area contributed by atoms with Crippen molar-refractivity contribution in [3.8, 4) is 0 Å². The van der Waals surface area contributed by atoms with Crippen molar-refractivity contribution in [3.05, 3.63) is 36.5 Å². The summed E-state index contributed by atoms with van der Waals surface area (Å²) in [4.78, 5) is 36.8. The number of nitrogens with zero attached hydrogens (tertiary/aromatic N) is 1. The highest BCUT2D eigenvalue weighted by Crippen LogP contribution is 2.15. The van der Waals surface area contributed by atoms with Crippen molar-refractivity contribution >= 4 is 17.9 Å². The molecule has 0 aromatic carbocycles. The fourth-order valence-corrected chi connectivity index (χ4v) is 6.23. The number of quaternary nitrogens is 1. The van der Waals surface area contributed by atoms with Gasteiger partial charge in [-0.3, -0.25) is 9.59 Å². The number of unbranched alkanes of at least 4 members (excludes halogenated alkanes) is 18. The Balaban J connectivity index is 4.31. The van der Waals surface area contributed by atoms with Crippen LogP contribution in [-0.2, 0) is 28.6 Å². The Bertz CT molecular complexity index is 968. The molecule has 0 radical (unpaired) electrons. The summed E-state index contributed by atoms with van der Waals surface area (Å²) in [6.45, 7) is 4.57. The third-order valence-corrected chi connectivity index (χ3v) is 9.55. The number of likely N-dealkylation sites (N-methyl/N-ethyl adjacent to an activating group) is 1. The molecule has 1 N–H and O–H groups in total.